The predicted molar refractivity (Wildman–Crippen MR) is 88.2 cm³/mol. The molecule has 0 unspecified atom stereocenters. The zero-order valence-corrected chi connectivity index (χ0v) is 13.7. The lowest BCUT2D eigenvalue weighted by Gasteiger charge is -2.14. The van der Waals surface area contributed by atoms with Crippen molar-refractivity contribution in [3.63, 3.8) is 0 Å². The van der Waals surface area contributed by atoms with Gasteiger partial charge >= 0.3 is 0 Å². The van der Waals surface area contributed by atoms with Gasteiger partial charge in [-0.3, -0.25) is 4.72 Å². The molecule has 1 aliphatic carbocycles. The number of benzene rings is 1. The van der Waals surface area contributed by atoms with Crippen LogP contribution in [0.1, 0.15) is 51.0 Å². The van der Waals surface area contributed by atoms with Crippen LogP contribution in [0.25, 0.3) is 0 Å². The van der Waals surface area contributed by atoms with Crippen LogP contribution >= 0.6 is 0 Å². The molecule has 5 heteroatoms. The number of nitrogens with one attached hydrogen (secondary N) is 2. The fraction of sp³-hybridized carbons (Fsp3) is 0.625. The van der Waals surface area contributed by atoms with Gasteiger partial charge in [0.15, 0.2) is 0 Å². The predicted octanol–water partition coefficient (Wildman–Crippen LogP) is 3.08. The summed E-state index contributed by atoms with van der Waals surface area (Å²) in [5.74, 6) is 0.484. The Morgan fingerprint density at radius 2 is 1.90 bits per heavy atom. The van der Waals surface area contributed by atoms with Crippen LogP contribution in [0.15, 0.2) is 24.3 Å². The Morgan fingerprint density at radius 3 is 2.57 bits per heavy atom. The Morgan fingerprint density at radius 1 is 1.19 bits per heavy atom. The van der Waals surface area contributed by atoms with Crippen LogP contribution in [0.3, 0.4) is 0 Å². The first-order valence-electron chi connectivity index (χ1n) is 7.81. The number of anilines is 1. The molecule has 1 aliphatic rings. The maximum atomic E-state index is 12.2. The van der Waals surface area contributed by atoms with Crippen LogP contribution in [0.2, 0.25) is 0 Å². The van der Waals surface area contributed by atoms with Crippen molar-refractivity contribution in [2.45, 2.75) is 51.5 Å². The molecule has 1 fully saturated rings. The number of unbranched alkanes of at least 4 members (excludes halogenated alkanes) is 1. The number of hydrogen-bond acceptors (Lipinski definition) is 3. The molecule has 0 aliphatic heterocycles. The summed E-state index contributed by atoms with van der Waals surface area (Å²) in [4.78, 5) is 0. The van der Waals surface area contributed by atoms with E-state index in [0.29, 0.717) is 24.1 Å². The molecule has 0 atom stereocenters. The number of hydrogen-bond donors (Lipinski definition) is 2. The second kappa shape index (κ2) is 7.27. The minimum atomic E-state index is -3.25. The molecule has 0 spiro atoms. The lowest BCUT2D eigenvalue weighted by Crippen LogP contribution is -2.21. The van der Waals surface area contributed by atoms with E-state index in [1.54, 1.807) is 0 Å². The van der Waals surface area contributed by atoms with Crippen LogP contribution in [-0.4, -0.2) is 26.8 Å². The molecule has 2 N–H and O–H groups in total. The van der Waals surface area contributed by atoms with E-state index in [9.17, 15) is 8.42 Å². The van der Waals surface area contributed by atoms with E-state index in [1.807, 2.05) is 24.3 Å². The summed E-state index contributed by atoms with van der Waals surface area (Å²) in [5, 5.41) is 3.40. The zero-order valence-electron chi connectivity index (χ0n) is 12.9. The SMILES string of the molecule is CC(C)c1ccccc1NS(=O)(=O)CCCCNC1CC1. The minimum Gasteiger partial charge on any atom is -0.314 e. The van der Waals surface area contributed by atoms with Crippen molar-refractivity contribution in [2.24, 2.45) is 0 Å². The van der Waals surface area contributed by atoms with Crippen LogP contribution in [0, 0.1) is 0 Å². The third kappa shape index (κ3) is 5.67. The van der Waals surface area contributed by atoms with Crippen LogP contribution in [-0.2, 0) is 10.0 Å². The van der Waals surface area contributed by atoms with Gasteiger partial charge in [-0.2, -0.15) is 0 Å². The topological polar surface area (TPSA) is 58.2 Å². The van der Waals surface area contributed by atoms with Gasteiger partial charge in [0, 0.05) is 6.04 Å². The van der Waals surface area contributed by atoms with Gasteiger partial charge in [0.25, 0.3) is 0 Å². The van der Waals surface area contributed by atoms with Crippen LogP contribution < -0.4 is 10.0 Å². The normalized spacial score (nSPS) is 15.4. The Balaban J connectivity index is 1.82. The standard InChI is InChI=1S/C16H26N2O2S/c1-13(2)15-7-3-4-8-16(15)18-21(19,20)12-6-5-11-17-14-9-10-14/h3-4,7-8,13-14,17-18H,5-6,9-12H2,1-2H3. The van der Waals surface area contributed by atoms with Crippen molar-refractivity contribution in [3.05, 3.63) is 29.8 Å². The Hall–Kier alpha value is -1.07. The second-order valence-corrected chi connectivity index (χ2v) is 7.94. The lowest BCUT2D eigenvalue weighted by molar-refractivity contribution is 0.590. The Bertz CT molecular complexity index is 551. The van der Waals surface area contributed by atoms with E-state index in [1.165, 1.54) is 12.8 Å². The number of sulfonamides is 1. The average Bonchev–Trinajstić information content (AvgIpc) is 3.22. The van der Waals surface area contributed by atoms with Gasteiger partial charge < -0.3 is 5.32 Å². The molecule has 4 nitrogen and oxygen atoms in total. The molecule has 1 aromatic rings. The number of rotatable bonds is 9. The molecular formula is C16H26N2O2S. The summed E-state index contributed by atoms with van der Waals surface area (Å²) in [7, 11) is -3.25. The third-order valence-corrected chi connectivity index (χ3v) is 5.06. The third-order valence-electron chi connectivity index (χ3n) is 3.70. The zero-order chi connectivity index (χ0) is 15.3. The van der Waals surface area contributed by atoms with E-state index in [0.717, 1.165) is 18.5 Å². The van der Waals surface area contributed by atoms with E-state index < -0.39 is 10.0 Å². The first-order chi connectivity index (χ1) is 9.98. The summed E-state index contributed by atoms with van der Waals surface area (Å²) in [6, 6.07) is 8.31. The summed E-state index contributed by atoms with van der Waals surface area (Å²) in [5.41, 5.74) is 1.75. The van der Waals surface area contributed by atoms with Crippen molar-refractivity contribution < 1.29 is 8.42 Å². The highest BCUT2D eigenvalue weighted by molar-refractivity contribution is 7.92. The fourth-order valence-electron chi connectivity index (χ4n) is 2.32. The monoisotopic (exact) mass is 310 g/mol. The van der Waals surface area contributed by atoms with E-state index in [-0.39, 0.29) is 5.75 Å². The Kier molecular flexibility index (Phi) is 5.65. The molecule has 0 saturated heterocycles. The molecule has 2 rings (SSSR count). The van der Waals surface area contributed by atoms with Crippen LogP contribution in [0.4, 0.5) is 5.69 Å². The van der Waals surface area contributed by atoms with E-state index in [4.69, 9.17) is 0 Å². The maximum absolute atomic E-state index is 12.2. The highest BCUT2D eigenvalue weighted by Gasteiger charge is 2.19. The molecule has 0 amide bonds. The summed E-state index contributed by atoms with van der Waals surface area (Å²) >= 11 is 0. The first-order valence-corrected chi connectivity index (χ1v) is 9.46. The quantitative estimate of drug-likeness (QED) is 0.689. The largest absolute Gasteiger partial charge is 0.314 e. The lowest BCUT2D eigenvalue weighted by atomic mass is 10.0. The van der Waals surface area contributed by atoms with Gasteiger partial charge in [-0.15, -0.1) is 0 Å². The molecule has 1 saturated carbocycles. The molecule has 0 radical (unpaired) electrons. The fourth-order valence-corrected chi connectivity index (χ4v) is 3.53. The summed E-state index contributed by atoms with van der Waals surface area (Å²) in [6.45, 7) is 5.05. The summed E-state index contributed by atoms with van der Waals surface area (Å²) in [6.07, 6.45) is 4.14. The van der Waals surface area contributed by atoms with Gasteiger partial charge in [-0.05, 0) is 49.8 Å². The summed E-state index contributed by atoms with van der Waals surface area (Å²) < 4.78 is 27.0. The molecule has 0 bridgehead atoms. The average molecular weight is 310 g/mol. The first kappa shape index (κ1) is 16.3. The van der Waals surface area contributed by atoms with Gasteiger partial charge in [-0.25, -0.2) is 8.42 Å². The van der Waals surface area contributed by atoms with Crippen molar-refractivity contribution in [2.75, 3.05) is 17.0 Å². The van der Waals surface area contributed by atoms with Gasteiger partial charge in [-0.1, -0.05) is 32.0 Å². The molecular weight excluding hydrogens is 284 g/mol. The second-order valence-electron chi connectivity index (χ2n) is 6.10. The maximum Gasteiger partial charge on any atom is 0.232 e. The van der Waals surface area contributed by atoms with Crippen molar-refractivity contribution in [3.8, 4) is 0 Å². The van der Waals surface area contributed by atoms with Gasteiger partial charge in [0.05, 0.1) is 11.4 Å². The smallest absolute Gasteiger partial charge is 0.232 e. The minimum absolute atomic E-state index is 0.186. The van der Waals surface area contributed by atoms with Crippen molar-refractivity contribution in [1.29, 1.82) is 0 Å². The molecule has 21 heavy (non-hydrogen) atoms. The van der Waals surface area contributed by atoms with Gasteiger partial charge in [0.1, 0.15) is 0 Å². The van der Waals surface area contributed by atoms with Gasteiger partial charge in [0.2, 0.25) is 10.0 Å². The molecule has 0 aromatic heterocycles. The molecule has 0 heterocycles. The van der Waals surface area contributed by atoms with Crippen molar-refractivity contribution >= 4 is 15.7 Å². The highest BCUT2D eigenvalue weighted by atomic mass is 32.2. The Labute approximate surface area is 128 Å². The van der Waals surface area contributed by atoms with E-state index in [2.05, 4.69) is 23.9 Å². The van der Waals surface area contributed by atoms with Crippen molar-refractivity contribution in [1.82, 2.24) is 5.32 Å². The van der Waals surface area contributed by atoms with E-state index >= 15 is 0 Å². The molecule has 118 valence electrons. The van der Waals surface area contributed by atoms with Crippen LogP contribution in [0.5, 0.6) is 0 Å². The number of para-hydroxylation sites is 1. The molecule has 1 aromatic carbocycles. The highest BCUT2D eigenvalue weighted by Crippen LogP contribution is 2.24.